The Labute approximate surface area is 136 Å². The molecule has 6 heteroatoms. The predicted octanol–water partition coefficient (Wildman–Crippen LogP) is 3.68. The van der Waals surface area contributed by atoms with Gasteiger partial charge in [0.2, 0.25) is 0 Å². The second-order valence-electron chi connectivity index (χ2n) is 5.24. The second-order valence-corrected chi connectivity index (χ2v) is 5.65. The van der Waals surface area contributed by atoms with Gasteiger partial charge in [-0.25, -0.2) is 4.39 Å². The van der Waals surface area contributed by atoms with E-state index >= 15 is 0 Å². The summed E-state index contributed by atoms with van der Waals surface area (Å²) in [5.74, 6) is 0.403. The molecule has 1 aromatic rings. The summed E-state index contributed by atoms with van der Waals surface area (Å²) in [6, 6.07) is 5.62. The molecule has 1 N–H and O–H groups in total. The highest BCUT2D eigenvalue weighted by atomic mass is 35.5. The van der Waals surface area contributed by atoms with E-state index in [1.807, 2.05) is 12.1 Å². The van der Waals surface area contributed by atoms with Gasteiger partial charge in [0.1, 0.15) is 5.82 Å². The quantitative estimate of drug-likeness (QED) is 0.902. The summed E-state index contributed by atoms with van der Waals surface area (Å²) in [4.78, 5) is 2.51. The fourth-order valence-corrected chi connectivity index (χ4v) is 3.04. The van der Waals surface area contributed by atoms with E-state index in [2.05, 4.69) is 10.2 Å². The van der Waals surface area contributed by atoms with E-state index in [1.165, 1.54) is 24.5 Å². The Balaban J connectivity index is 0.000001000. The van der Waals surface area contributed by atoms with Crippen LogP contribution in [0.5, 0.6) is 0 Å². The smallest absolute Gasteiger partial charge is 0.141 e. The minimum absolute atomic E-state index is 0. The maximum Gasteiger partial charge on any atom is 0.141 e. The number of halogens is 4. The standard InChI is InChI=1S/C14H18ClFN2.2ClH/c15-12-9-11(3-4-13(12)16)14(10-1-2-10)18-7-5-17-6-8-18;;/h3-4,9-10,14,17H,1-2,5-8H2;2*1H/t14-;;/m0../s1. The minimum Gasteiger partial charge on any atom is -0.314 e. The van der Waals surface area contributed by atoms with Gasteiger partial charge in [-0.2, -0.15) is 0 Å². The summed E-state index contributed by atoms with van der Waals surface area (Å²) >= 11 is 5.92. The van der Waals surface area contributed by atoms with Crippen LogP contribution in [-0.2, 0) is 0 Å². The summed E-state index contributed by atoms with van der Waals surface area (Å²) in [6.45, 7) is 4.21. The molecule has 0 spiro atoms. The van der Waals surface area contributed by atoms with Crippen LogP contribution in [-0.4, -0.2) is 31.1 Å². The predicted molar refractivity (Wildman–Crippen MR) is 85.8 cm³/mol. The molecule has 1 aromatic carbocycles. The van der Waals surface area contributed by atoms with E-state index in [0.29, 0.717) is 6.04 Å². The zero-order chi connectivity index (χ0) is 12.5. The molecule has 0 aromatic heterocycles. The number of hydrogen-bond acceptors (Lipinski definition) is 2. The van der Waals surface area contributed by atoms with E-state index in [-0.39, 0.29) is 35.7 Å². The first-order valence-electron chi connectivity index (χ1n) is 6.65. The third kappa shape index (κ3) is 3.99. The monoisotopic (exact) mass is 340 g/mol. The molecule has 1 aliphatic heterocycles. The average Bonchev–Trinajstić information content (AvgIpc) is 3.20. The molecule has 1 saturated heterocycles. The second kappa shape index (κ2) is 7.81. The fourth-order valence-electron chi connectivity index (χ4n) is 2.85. The largest absolute Gasteiger partial charge is 0.314 e. The number of nitrogens with zero attached hydrogens (tertiary/aromatic N) is 1. The van der Waals surface area contributed by atoms with Crippen molar-refractivity contribution in [3.63, 3.8) is 0 Å². The third-order valence-electron chi connectivity index (χ3n) is 3.90. The molecule has 1 heterocycles. The van der Waals surface area contributed by atoms with Crippen molar-refractivity contribution in [3.8, 4) is 0 Å². The lowest BCUT2D eigenvalue weighted by Crippen LogP contribution is -2.45. The minimum atomic E-state index is -0.324. The van der Waals surface area contributed by atoms with Gasteiger partial charge in [-0.3, -0.25) is 4.90 Å². The zero-order valence-electron chi connectivity index (χ0n) is 11.1. The summed E-state index contributed by atoms with van der Waals surface area (Å²) < 4.78 is 13.3. The van der Waals surface area contributed by atoms with E-state index in [9.17, 15) is 4.39 Å². The molecule has 3 rings (SSSR count). The Kier molecular flexibility index (Phi) is 7.02. The highest BCUT2D eigenvalue weighted by Crippen LogP contribution is 2.45. The Hall–Kier alpha value is -0.0600. The van der Waals surface area contributed by atoms with Crippen LogP contribution in [0, 0.1) is 11.7 Å². The lowest BCUT2D eigenvalue weighted by Gasteiger charge is -2.35. The van der Waals surface area contributed by atoms with Crippen LogP contribution < -0.4 is 5.32 Å². The van der Waals surface area contributed by atoms with Gasteiger partial charge >= 0.3 is 0 Å². The van der Waals surface area contributed by atoms with Gasteiger partial charge in [0.25, 0.3) is 0 Å². The van der Waals surface area contributed by atoms with E-state index in [4.69, 9.17) is 11.6 Å². The van der Waals surface area contributed by atoms with Crippen LogP contribution in [0.15, 0.2) is 18.2 Å². The van der Waals surface area contributed by atoms with Crippen LogP contribution in [0.4, 0.5) is 4.39 Å². The van der Waals surface area contributed by atoms with Crippen LogP contribution in [0.25, 0.3) is 0 Å². The van der Waals surface area contributed by atoms with Crippen LogP contribution in [0.2, 0.25) is 5.02 Å². The van der Waals surface area contributed by atoms with Gasteiger partial charge in [-0.15, -0.1) is 24.8 Å². The van der Waals surface area contributed by atoms with Crippen molar-refractivity contribution in [2.24, 2.45) is 5.92 Å². The number of hydrogen-bond donors (Lipinski definition) is 1. The van der Waals surface area contributed by atoms with Crippen molar-refractivity contribution in [1.82, 2.24) is 10.2 Å². The molecule has 0 bridgehead atoms. The lowest BCUT2D eigenvalue weighted by molar-refractivity contribution is 0.156. The van der Waals surface area contributed by atoms with E-state index in [0.717, 1.165) is 32.1 Å². The van der Waals surface area contributed by atoms with Gasteiger partial charge in [0.15, 0.2) is 0 Å². The Bertz CT molecular complexity index is 434. The normalized spacial score (nSPS) is 20.7. The molecule has 0 unspecified atom stereocenters. The van der Waals surface area contributed by atoms with E-state index in [1.54, 1.807) is 0 Å². The zero-order valence-corrected chi connectivity index (χ0v) is 13.5. The van der Waals surface area contributed by atoms with Gasteiger partial charge in [0.05, 0.1) is 5.02 Å². The fraction of sp³-hybridized carbons (Fsp3) is 0.571. The molecule has 1 atom stereocenters. The molecule has 2 fully saturated rings. The topological polar surface area (TPSA) is 15.3 Å². The summed E-state index contributed by atoms with van der Waals surface area (Å²) in [5.41, 5.74) is 1.17. The Morgan fingerprint density at radius 2 is 1.85 bits per heavy atom. The SMILES string of the molecule is Cl.Cl.Fc1ccc([C@H](C2CC2)N2CCNCC2)cc1Cl. The molecule has 2 aliphatic rings. The van der Waals surface area contributed by atoms with Crippen LogP contribution in [0.3, 0.4) is 0 Å². The Morgan fingerprint density at radius 3 is 2.40 bits per heavy atom. The first-order valence-corrected chi connectivity index (χ1v) is 7.03. The first kappa shape index (κ1) is 18.0. The molecule has 0 amide bonds. The maximum atomic E-state index is 13.3. The molecular formula is C14H20Cl3FN2. The molecular weight excluding hydrogens is 322 g/mol. The number of rotatable bonds is 3. The number of piperazine rings is 1. The van der Waals surface area contributed by atoms with Crippen LogP contribution >= 0.6 is 36.4 Å². The summed E-state index contributed by atoms with van der Waals surface area (Å²) in [5, 5.41) is 3.62. The first-order chi connectivity index (χ1) is 8.75. The van der Waals surface area contributed by atoms with Crippen molar-refractivity contribution in [2.75, 3.05) is 26.2 Å². The summed E-state index contributed by atoms with van der Waals surface area (Å²) in [7, 11) is 0. The number of nitrogens with one attached hydrogen (secondary N) is 1. The van der Waals surface area contributed by atoms with Crippen molar-refractivity contribution in [3.05, 3.63) is 34.6 Å². The molecule has 2 nitrogen and oxygen atoms in total. The van der Waals surface area contributed by atoms with Crippen molar-refractivity contribution >= 4 is 36.4 Å². The van der Waals surface area contributed by atoms with Gasteiger partial charge in [-0.1, -0.05) is 17.7 Å². The highest BCUT2D eigenvalue weighted by Gasteiger charge is 2.36. The highest BCUT2D eigenvalue weighted by molar-refractivity contribution is 6.30. The molecule has 1 aliphatic carbocycles. The van der Waals surface area contributed by atoms with E-state index < -0.39 is 0 Å². The van der Waals surface area contributed by atoms with Gasteiger partial charge < -0.3 is 5.32 Å². The lowest BCUT2D eigenvalue weighted by atomic mass is 10.00. The third-order valence-corrected chi connectivity index (χ3v) is 4.19. The Morgan fingerprint density at radius 1 is 1.20 bits per heavy atom. The maximum absolute atomic E-state index is 13.3. The van der Waals surface area contributed by atoms with Crippen molar-refractivity contribution < 1.29 is 4.39 Å². The van der Waals surface area contributed by atoms with Crippen LogP contribution in [0.1, 0.15) is 24.4 Å². The number of benzene rings is 1. The van der Waals surface area contributed by atoms with Gasteiger partial charge in [-0.05, 0) is 36.5 Å². The molecule has 114 valence electrons. The molecule has 0 radical (unpaired) electrons. The van der Waals surface area contributed by atoms with Crippen molar-refractivity contribution in [1.29, 1.82) is 0 Å². The average molecular weight is 342 g/mol. The molecule has 1 saturated carbocycles. The van der Waals surface area contributed by atoms with Crippen molar-refractivity contribution in [2.45, 2.75) is 18.9 Å². The molecule has 20 heavy (non-hydrogen) atoms. The van der Waals surface area contributed by atoms with Gasteiger partial charge in [0, 0.05) is 32.2 Å². The summed E-state index contributed by atoms with van der Waals surface area (Å²) in [6.07, 6.45) is 2.56.